The molecule has 2 rings (SSSR count). The molecule has 1 heterocycles. The smallest absolute Gasteiger partial charge is 0.112 e. The molecule has 0 aliphatic heterocycles. The number of aryl methyl sites for hydroxylation is 1. The standard InChI is InChI=1S/C14H18N2O/c1-3-13(17)11-5-7-12(8-6-11)16-10-9-15-14(16)4-2/h5-10,13,17H,3-4H2,1-2H3/t13-/m0/s1. The maximum Gasteiger partial charge on any atom is 0.112 e. The Morgan fingerprint density at radius 3 is 2.53 bits per heavy atom. The molecular formula is C14H18N2O. The molecule has 3 heteroatoms. The van der Waals surface area contributed by atoms with Gasteiger partial charge in [0.15, 0.2) is 0 Å². The van der Waals surface area contributed by atoms with Crippen LogP contribution < -0.4 is 0 Å². The second kappa shape index (κ2) is 5.15. The van der Waals surface area contributed by atoms with Gasteiger partial charge in [-0.2, -0.15) is 0 Å². The number of aliphatic hydroxyl groups excluding tert-OH is 1. The number of aromatic nitrogens is 2. The fourth-order valence-corrected chi connectivity index (χ4v) is 1.92. The van der Waals surface area contributed by atoms with Crippen LogP contribution in [0.15, 0.2) is 36.7 Å². The molecule has 0 aliphatic carbocycles. The van der Waals surface area contributed by atoms with E-state index in [0.717, 1.165) is 29.9 Å². The second-order valence-electron chi connectivity index (χ2n) is 4.08. The van der Waals surface area contributed by atoms with Crippen LogP contribution >= 0.6 is 0 Å². The first kappa shape index (κ1) is 11.9. The quantitative estimate of drug-likeness (QED) is 0.877. The van der Waals surface area contributed by atoms with Gasteiger partial charge in [-0.3, -0.25) is 0 Å². The van der Waals surface area contributed by atoms with E-state index in [4.69, 9.17) is 0 Å². The first-order chi connectivity index (χ1) is 8.26. The summed E-state index contributed by atoms with van der Waals surface area (Å²) in [6.07, 6.45) is 5.06. The molecule has 0 amide bonds. The molecule has 1 aromatic heterocycles. The molecule has 0 saturated carbocycles. The summed E-state index contributed by atoms with van der Waals surface area (Å²) >= 11 is 0. The topological polar surface area (TPSA) is 38.0 Å². The number of hydrogen-bond donors (Lipinski definition) is 1. The summed E-state index contributed by atoms with van der Waals surface area (Å²) < 4.78 is 2.07. The summed E-state index contributed by atoms with van der Waals surface area (Å²) in [6, 6.07) is 8.00. The highest BCUT2D eigenvalue weighted by Crippen LogP contribution is 2.19. The van der Waals surface area contributed by atoms with E-state index in [1.54, 1.807) is 0 Å². The third-order valence-electron chi connectivity index (χ3n) is 2.98. The summed E-state index contributed by atoms with van der Waals surface area (Å²) in [6.45, 7) is 4.07. The normalized spacial score (nSPS) is 12.6. The summed E-state index contributed by atoms with van der Waals surface area (Å²) in [5.74, 6) is 1.05. The van der Waals surface area contributed by atoms with E-state index in [1.807, 2.05) is 43.6 Å². The van der Waals surface area contributed by atoms with Gasteiger partial charge < -0.3 is 9.67 Å². The number of benzene rings is 1. The predicted molar refractivity (Wildman–Crippen MR) is 68.2 cm³/mol. The third kappa shape index (κ3) is 2.39. The van der Waals surface area contributed by atoms with E-state index in [1.165, 1.54) is 0 Å². The molecule has 1 aromatic carbocycles. The van der Waals surface area contributed by atoms with Crippen molar-refractivity contribution in [2.75, 3.05) is 0 Å². The molecule has 0 aliphatic rings. The maximum absolute atomic E-state index is 9.73. The fraction of sp³-hybridized carbons (Fsp3) is 0.357. The predicted octanol–water partition coefficient (Wildman–Crippen LogP) is 2.88. The van der Waals surface area contributed by atoms with E-state index < -0.39 is 0 Å². The van der Waals surface area contributed by atoms with E-state index >= 15 is 0 Å². The number of imidazole rings is 1. The Balaban J connectivity index is 2.29. The minimum absolute atomic E-state index is 0.363. The van der Waals surface area contributed by atoms with Gasteiger partial charge in [-0.05, 0) is 24.1 Å². The first-order valence-corrected chi connectivity index (χ1v) is 6.06. The SMILES string of the molecule is CCc1nccn1-c1ccc([C@@H](O)CC)cc1. The van der Waals surface area contributed by atoms with Gasteiger partial charge in [-0.1, -0.05) is 26.0 Å². The molecule has 17 heavy (non-hydrogen) atoms. The molecule has 2 aromatic rings. The molecule has 0 fully saturated rings. The largest absolute Gasteiger partial charge is 0.388 e. The van der Waals surface area contributed by atoms with Gasteiger partial charge >= 0.3 is 0 Å². The molecule has 0 spiro atoms. The lowest BCUT2D eigenvalue weighted by Crippen LogP contribution is -2.00. The third-order valence-corrected chi connectivity index (χ3v) is 2.98. The highest BCUT2D eigenvalue weighted by atomic mass is 16.3. The second-order valence-corrected chi connectivity index (χ2v) is 4.08. The zero-order valence-corrected chi connectivity index (χ0v) is 10.3. The Bertz CT molecular complexity index is 473. The lowest BCUT2D eigenvalue weighted by Gasteiger charge is -2.10. The Morgan fingerprint density at radius 2 is 1.94 bits per heavy atom. The average Bonchev–Trinajstić information content (AvgIpc) is 2.86. The van der Waals surface area contributed by atoms with Crippen molar-refractivity contribution in [3.05, 3.63) is 48.0 Å². The minimum atomic E-state index is -0.363. The summed E-state index contributed by atoms with van der Waals surface area (Å²) in [5.41, 5.74) is 2.06. The molecule has 3 nitrogen and oxygen atoms in total. The number of rotatable bonds is 4. The first-order valence-electron chi connectivity index (χ1n) is 6.06. The van der Waals surface area contributed by atoms with Crippen molar-refractivity contribution in [2.24, 2.45) is 0 Å². The molecule has 0 unspecified atom stereocenters. The molecule has 0 bridgehead atoms. The van der Waals surface area contributed by atoms with Crippen molar-refractivity contribution in [3.8, 4) is 5.69 Å². The highest BCUT2D eigenvalue weighted by Gasteiger charge is 2.06. The Morgan fingerprint density at radius 1 is 1.24 bits per heavy atom. The van der Waals surface area contributed by atoms with Gasteiger partial charge in [-0.15, -0.1) is 0 Å². The number of nitrogens with zero attached hydrogens (tertiary/aromatic N) is 2. The van der Waals surface area contributed by atoms with E-state index in [-0.39, 0.29) is 6.10 Å². The summed E-state index contributed by atoms with van der Waals surface area (Å²) in [4.78, 5) is 4.30. The Labute approximate surface area is 102 Å². The van der Waals surface area contributed by atoms with Crippen LogP contribution in [0.3, 0.4) is 0 Å². The van der Waals surface area contributed by atoms with Crippen molar-refractivity contribution in [2.45, 2.75) is 32.8 Å². The average molecular weight is 230 g/mol. The Hall–Kier alpha value is -1.61. The molecule has 0 radical (unpaired) electrons. The molecular weight excluding hydrogens is 212 g/mol. The van der Waals surface area contributed by atoms with Crippen LogP contribution in [0.2, 0.25) is 0 Å². The molecule has 90 valence electrons. The van der Waals surface area contributed by atoms with E-state index in [2.05, 4.69) is 16.5 Å². The van der Waals surface area contributed by atoms with Gasteiger partial charge in [0.2, 0.25) is 0 Å². The minimum Gasteiger partial charge on any atom is -0.388 e. The fourth-order valence-electron chi connectivity index (χ4n) is 1.92. The van der Waals surface area contributed by atoms with Gasteiger partial charge in [0.1, 0.15) is 5.82 Å². The van der Waals surface area contributed by atoms with Crippen molar-refractivity contribution in [3.63, 3.8) is 0 Å². The lowest BCUT2D eigenvalue weighted by molar-refractivity contribution is 0.173. The van der Waals surface area contributed by atoms with Crippen LogP contribution in [0.4, 0.5) is 0 Å². The van der Waals surface area contributed by atoms with Gasteiger partial charge in [-0.25, -0.2) is 4.98 Å². The van der Waals surface area contributed by atoms with Crippen molar-refractivity contribution < 1.29 is 5.11 Å². The number of aliphatic hydroxyl groups is 1. The van der Waals surface area contributed by atoms with Crippen LogP contribution in [0.5, 0.6) is 0 Å². The van der Waals surface area contributed by atoms with Crippen molar-refractivity contribution in [1.82, 2.24) is 9.55 Å². The zero-order valence-electron chi connectivity index (χ0n) is 10.3. The van der Waals surface area contributed by atoms with Crippen molar-refractivity contribution in [1.29, 1.82) is 0 Å². The van der Waals surface area contributed by atoms with Crippen molar-refractivity contribution >= 4 is 0 Å². The van der Waals surface area contributed by atoms with Gasteiger partial charge in [0, 0.05) is 24.5 Å². The Kier molecular flexibility index (Phi) is 3.59. The summed E-state index contributed by atoms with van der Waals surface area (Å²) in [7, 11) is 0. The zero-order chi connectivity index (χ0) is 12.3. The molecule has 1 atom stereocenters. The number of hydrogen-bond acceptors (Lipinski definition) is 2. The maximum atomic E-state index is 9.73. The van der Waals surface area contributed by atoms with Crippen LogP contribution in [0.25, 0.3) is 5.69 Å². The van der Waals surface area contributed by atoms with Gasteiger partial charge in [0.25, 0.3) is 0 Å². The monoisotopic (exact) mass is 230 g/mol. The molecule has 0 saturated heterocycles. The lowest BCUT2D eigenvalue weighted by atomic mass is 10.1. The van der Waals surface area contributed by atoms with Crippen LogP contribution in [-0.4, -0.2) is 14.7 Å². The summed E-state index contributed by atoms with van der Waals surface area (Å²) in [5, 5.41) is 9.73. The highest BCUT2D eigenvalue weighted by molar-refractivity contribution is 5.36. The van der Waals surface area contributed by atoms with E-state index in [0.29, 0.717) is 0 Å². The van der Waals surface area contributed by atoms with Gasteiger partial charge in [0.05, 0.1) is 6.10 Å². The molecule has 1 N–H and O–H groups in total. The van der Waals surface area contributed by atoms with Crippen LogP contribution in [0, 0.1) is 0 Å². The van der Waals surface area contributed by atoms with Crippen LogP contribution in [-0.2, 0) is 6.42 Å². The van der Waals surface area contributed by atoms with E-state index in [9.17, 15) is 5.11 Å². The van der Waals surface area contributed by atoms with Crippen LogP contribution in [0.1, 0.15) is 37.8 Å².